The summed E-state index contributed by atoms with van der Waals surface area (Å²) in [5.74, 6) is 1.24. The number of rotatable bonds is 6. The fourth-order valence-corrected chi connectivity index (χ4v) is 2.58. The Labute approximate surface area is 167 Å². The molecule has 0 aliphatic heterocycles. The van der Waals surface area contributed by atoms with Crippen LogP contribution < -0.4 is 9.47 Å². The Bertz CT molecular complexity index is 698. The van der Waals surface area contributed by atoms with E-state index in [-0.39, 0.29) is 15.9 Å². The summed E-state index contributed by atoms with van der Waals surface area (Å²) in [7, 11) is 0. The van der Waals surface area contributed by atoms with E-state index in [9.17, 15) is 0 Å². The van der Waals surface area contributed by atoms with Crippen LogP contribution in [0.2, 0.25) is 0 Å². The average molecular weight is 418 g/mol. The van der Waals surface area contributed by atoms with Gasteiger partial charge < -0.3 is 9.47 Å². The standard InChI is InChI=1S/C19H16Cl4O2/c1-19(2,13-3-7-15(8-4-13)24-17(22)11-20)14-5-9-16(10-6-14)25-18(23)12-21/h3-12H,1-2H3. The maximum absolute atomic E-state index is 5.76. The molecule has 0 aliphatic rings. The molecule has 2 rings (SSSR count). The molecule has 0 fully saturated rings. The molecule has 6 heteroatoms. The smallest absolute Gasteiger partial charge is 0.205 e. The third-order valence-electron chi connectivity index (χ3n) is 3.75. The van der Waals surface area contributed by atoms with Crippen molar-refractivity contribution in [2.24, 2.45) is 0 Å². The summed E-state index contributed by atoms with van der Waals surface area (Å²) >= 11 is 22.5. The third-order valence-corrected chi connectivity index (χ3v) is 4.75. The molecule has 2 nitrogen and oxygen atoms in total. The molecular formula is C19H16Cl4O2. The lowest BCUT2D eigenvalue weighted by Gasteiger charge is -2.26. The topological polar surface area (TPSA) is 18.5 Å². The minimum absolute atomic E-state index is 0.119. The summed E-state index contributed by atoms with van der Waals surface area (Å²) < 4.78 is 10.7. The second kappa shape index (κ2) is 8.86. The predicted molar refractivity (Wildman–Crippen MR) is 106 cm³/mol. The average Bonchev–Trinajstić information content (AvgIpc) is 2.62. The Morgan fingerprint density at radius 1 is 0.720 bits per heavy atom. The fourth-order valence-electron chi connectivity index (χ4n) is 2.32. The van der Waals surface area contributed by atoms with Crippen molar-refractivity contribution in [2.45, 2.75) is 19.3 Å². The summed E-state index contributed by atoms with van der Waals surface area (Å²) in [4.78, 5) is 0. The Morgan fingerprint density at radius 2 is 1.04 bits per heavy atom. The molecule has 0 bridgehead atoms. The molecule has 0 aromatic heterocycles. The minimum atomic E-state index is -0.213. The van der Waals surface area contributed by atoms with Crippen LogP contribution in [0.5, 0.6) is 11.5 Å². The molecule has 0 aliphatic carbocycles. The lowest BCUT2D eigenvalue weighted by Crippen LogP contribution is -2.18. The van der Waals surface area contributed by atoms with Crippen LogP contribution in [0.25, 0.3) is 0 Å². The van der Waals surface area contributed by atoms with Crippen molar-refractivity contribution in [3.63, 3.8) is 0 Å². The van der Waals surface area contributed by atoms with E-state index < -0.39 is 0 Å². The predicted octanol–water partition coefficient (Wildman–Crippen LogP) is 7.32. The van der Waals surface area contributed by atoms with Gasteiger partial charge in [-0.2, -0.15) is 0 Å². The molecule has 2 aromatic rings. The molecular weight excluding hydrogens is 402 g/mol. The Morgan fingerprint density at radius 3 is 1.32 bits per heavy atom. The van der Waals surface area contributed by atoms with Gasteiger partial charge in [0.15, 0.2) is 0 Å². The highest BCUT2D eigenvalue weighted by molar-refractivity contribution is 6.36. The second-order valence-corrected chi connectivity index (χ2v) is 6.89. The van der Waals surface area contributed by atoms with Gasteiger partial charge in [0, 0.05) is 5.41 Å². The molecule has 25 heavy (non-hydrogen) atoms. The van der Waals surface area contributed by atoms with Gasteiger partial charge in [0.2, 0.25) is 10.4 Å². The van der Waals surface area contributed by atoms with Crippen molar-refractivity contribution < 1.29 is 9.47 Å². The quantitative estimate of drug-likeness (QED) is 0.458. The van der Waals surface area contributed by atoms with E-state index in [0.717, 1.165) is 11.1 Å². The van der Waals surface area contributed by atoms with Gasteiger partial charge in [-0.25, -0.2) is 0 Å². The molecule has 0 amide bonds. The molecule has 0 heterocycles. The maximum Gasteiger partial charge on any atom is 0.205 e. The van der Waals surface area contributed by atoms with Gasteiger partial charge in [0.05, 0.1) is 11.1 Å². The first kappa shape index (κ1) is 20.0. The zero-order valence-corrected chi connectivity index (χ0v) is 16.6. The van der Waals surface area contributed by atoms with Gasteiger partial charge in [-0.15, -0.1) is 0 Å². The van der Waals surface area contributed by atoms with Gasteiger partial charge in [0.25, 0.3) is 0 Å². The van der Waals surface area contributed by atoms with E-state index in [1.807, 2.05) is 48.5 Å². The molecule has 0 radical (unpaired) electrons. The zero-order chi connectivity index (χ0) is 18.4. The normalized spacial score (nSPS) is 12.9. The first-order valence-electron chi connectivity index (χ1n) is 7.35. The fraction of sp³-hybridized carbons (Fsp3) is 0.158. The van der Waals surface area contributed by atoms with Gasteiger partial charge in [-0.3, -0.25) is 0 Å². The van der Waals surface area contributed by atoms with Crippen LogP contribution in [0.15, 0.2) is 70.0 Å². The van der Waals surface area contributed by atoms with E-state index in [1.54, 1.807) is 0 Å². The molecule has 0 saturated heterocycles. The number of hydrogen-bond donors (Lipinski definition) is 0. The zero-order valence-electron chi connectivity index (χ0n) is 13.6. The molecule has 0 spiro atoms. The van der Waals surface area contributed by atoms with Crippen LogP contribution in [0.3, 0.4) is 0 Å². The number of ether oxygens (including phenoxy) is 2. The van der Waals surface area contributed by atoms with Gasteiger partial charge in [-0.05, 0) is 58.6 Å². The number of benzene rings is 2. The summed E-state index contributed by atoms with van der Waals surface area (Å²) in [6, 6.07) is 15.4. The molecule has 0 saturated carbocycles. The van der Waals surface area contributed by atoms with E-state index in [1.165, 1.54) is 11.1 Å². The SMILES string of the molecule is CC(C)(c1ccc(OC(Cl)=CCl)cc1)c1ccc(OC(Cl)=CCl)cc1. The molecule has 2 aromatic carbocycles. The van der Waals surface area contributed by atoms with Crippen LogP contribution >= 0.6 is 46.4 Å². The van der Waals surface area contributed by atoms with Crippen LogP contribution in [-0.4, -0.2) is 0 Å². The first-order chi connectivity index (χ1) is 11.9. The highest BCUT2D eigenvalue weighted by Crippen LogP contribution is 2.34. The lowest BCUT2D eigenvalue weighted by molar-refractivity contribution is 0.462. The van der Waals surface area contributed by atoms with E-state index in [2.05, 4.69) is 13.8 Å². The Kier molecular flexibility index (Phi) is 7.09. The number of halogens is 4. The highest BCUT2D eigenvalue weighted by Gasteiger charge is 2.23. The number of hydrogen-bond acceptors (Lipinski definition) is 2. The molecule has 0 atom stereocenters. The third kappa shape index (κ3) is 5.32. The second-order valence-electron chi connectivity index (χ2n) is 5.70. The van der Waals surface area contributed by atoms with Crippen molar-refractivity contribution in [2.75, 3.05) is 0 Å². The van der Waals surface area contributed by atoms with Gasteiger partial charge in [0.1, 0.15) is 11.5 Å². The molecule has 0 unspecified atom stereocenters. The first-order valence-corrected chi connectivity index (χ1v) is 8.98. The van der Waals surface area contributed by atoms with Crippen LogP contribution in [0.4, 0.5) is 0 Å². The molecule has 132 valence electrons. The van der Waals surface area contributed by atoms with Gasteiger partial charge >= 0.3 is 0 Å². The highest BCUT2D eigenvalue weighted by atomic mass is 35.5. The van der Waals surface area contributed by atoms with Crippen LogP contribution in [-0.2, 0) is 5.41 Å². The van der Waals surface area contributed by atoms with Crippen LogP contribution in [0.1, 0.15) is 25.0 Å². The molecule has 0 N–H and O–H groups in total. The van der Waals surface area contributed by atoms with Crippen molar-refractivity contribution in [1.82, 2.24) is 0 Å². The van der Waals surface area contributed by atoms with Crippen LogP contribution in [0, 0.1) is 0 Å². The van der Waals surface area contributed by atoms with Crippen molar-refractivity contribution in [3.05, 3.63) is 81.2 Å². The summed E-state index contributed by atoms with van der Waals surface area (Å²) in [5.41, 5.74) is 4.38. The monoisotopic (exact) mass is 416 g/mol. The minimum Gasteiger partial charge on any atom is -0.444 e. The lowest BCUT2D eigenvalue weighted by atomic mass is 9.78. The van der Waals surface area contributed by atoms with Crippen molar-refractivity contribution >= 4 is 46.4 Å². The summed E-state index contributed by atoms with van der Waals surface area (Å²) in [6.45, 7) is 4.27. The largest absolute Gasteiger partial charge is 0.444 e. The van der Waals surface area contributed by atoms with E-state index in [0.29, 0.717) is 11.5 Å². The Hall–Kier alpha value is -1.32. The van der Waals surface area contributed by atoms with Crippen molar-refractivity contribution in [3.8, 4) is 11.5 Å². The maximum atomic E-state index is 5.76. The van der Waals surface area contributed by atoms with E-state index >= 15 is 0 Å². The van der Waals surface area contributed by atoms with E-state index in [4.69, 9.17) is 55.9 Å². The summed E-state index contributed by atoms with van der Waals surface area (Å²) in [6.07, 6.45) is 0. The Balaban J connectivity index is 2.20. The summed E-state index contributed by atoms with van der Waals surface area (Å²) in [5, 5.41) is 0.239. The van der Waals surface area contributed by atoms with Gasteiger partial charge in [-0.1, -0.05) is 61.3 Å². The van der Waals surface area contributed by atoms with Crippen molar-refractivity contribution in [1.29, 1.82) is 0 Å².